The zero-order valence-electron chi connectivity index (χ0n) is 15.2. The lowest BCUT2D eigenvalue weighted by molar-refractivity contribution is -0.137. The highest BCUT2D eigenvalue weighted by Crippen LogP contribution is 2.32. The summed E-state index contributed by atoms with van der Waals surface area (Å²) in [7, 11) is 0. The summed E-state index contributed by atoms with van der Waals surface area (Å²) in [6.45, 7) is 2.07. The summed E-state index contributed by atoms with van der Waals surface area (Å²) in [5, 5.41) is 8.35. The van der Waals surface area contributed by atoms with Gasteiger partial charge in [-0.1, -0.05) is 36.4 Å². The van der Waals surface area contributed by atoms with Crippen LogP contribution in [0.5, 0.6) is 0 Å². The lowest BCUT2D eigenvalue weighted by Crippen LogP contribution is -2.32. The molecule has 0 saturated carbocycles. The highest BCUT2D eigenvalue weighted by atomic mass is 19.4. The summed E-state index contributed by atoms with van der Waals surface area (Å²) in [5.74, 6) is 1.34. The third-order valence-electron chi connectivity index (χ3n) is 5.06. The highest BCUT2D eigenvalue weighted by molar-refractivity contribution is 5.51. The highest BCUT2D eigenvalue weighted by Gasteiger charge is 2.31. The van der Waals surface area contributed by atoms with Crippen LogP contribution in [0.15, 0.2) is 59.0 Å². The fourth-order valence-corrected chi connectivity index (χ4v) is 3.54. The van der Waals surface area contributed by atoms with E-state index in [2.05, 4.69) is 15.1 Å². The second-order valence-electron chi connectivity index (χ2n) is 7.06. The molecule has 0 bridgehead atoms. The molecular formula is C21H20F3N3O. The van der Waals surface area contributed by atoms with E-state index in [9.17, 15) is 13.2 Å². The maximum absolute atomic E-state index is 12.9. The quantitative estimate of drug-likeness (QED) is 0.622. The Balaban J connectivity index is 1.36. The van der Waals surface area contributed by atoms with Gasteiger partial charge in [0.15, 0.2) is 0 Å². The van der Waals surface area contributed by atoms with Crippen molar-refractivity contribution in [2.45, 2.75) is 31.5 Å². The molecule has 2 aromatic carbocycles. The van der Waals surface area contributed by atoms with E-state index < -0.39 is 11.7 Å². The molecule has 28 heavy (non-hydrogen) atoms. The van der Waals surface area contributed by atoms with Crippen LogP contribution in [-0.2, 0) is 12.7 Å². The van der Waals surface area contributed by atoms with Gasteiger partial charge in [-0.3, -0.25) is 4.90 Å². The zero-order valence-corrected chi connectivity index (χ0v) is 15.2. The summed E-state index contributed by atoms with van der Waals surface area (Å²) < 4.78 is 44.5. The van der Waals surface area contributed by atoms with Crippen molar-refractivity contribution in [2.24, 2.45) is 0 Å². The van der Waals surface area contributed by atoms with E-state index in [1.54, 1.807) is 6.07 Å². The first-order chi connectivity index (χ1) is 13.5. The summed E-state index contributed by atoms with van der Waals surface area (Å²) in [4.78, 5) is 2.17. The largest absolute Gasteiger partial charge is 0.420 e. The Morgan fingerprint density at radius 2 is 1.71 bits per heavy atom. The van der Waals surface area contributed by atoms with Gasteiger partial charge in [0.2, 0.25) is 11.8 Å². The van der Waals surface area contributed by atoms with E-state index >= 15 is 0 Å². The van der Waals surface area contributed by atoms with Crippen molar-refractivity contribution in [1.82, 2.24) is 15.1 Å². The normalized spacial score (nSPS) is 16.4. The van der Waals surface area contributed by atoms with Gasteiger partial charge in [0.25, 0.3) is 0 Å². The third kappa shape index (κ3) is 4.25. The van der Waals surface area contributed by atoms with Gasteiger partial charge in [0, 0.05) is 18.0 Å². The number of nitrogens with zero attached hydrogens (tertiary/aromatic N) is 3. The van der Waals surface area contributed by atoms with Gasteiger partial charge in [-0.05, 0) is 49.7 Å². The number of halogens is 3. The van der Waals surface area contributed by atoms with Crippen molar-refractivity contribution in [3.8, 4) is 11.5 Å². The molecule has 0 atom stereocenters. The van der Waals surface area contributed by atoms with Crippen LogP contribution in [0.4, 0.5) is 13.2 Å². The second-order valence-corrected chi connectivity index (χ2v) is 7.06. The number of hydrogen-bond acceptors (Lipinski definition) is 4. The third-order valence-corrected chi connectivity index (χ3v) is 5.06. The van der Waals surface area contributed by atoms with E-state index in [-0.39, 0.29) is 5.92 Å². The van der Waals surface area contributed by atoms with E-state index in [0.29, 0.717) is 23.9 Å². The van der Waals surface area contributed by atoms with Crippen LogP contribution < -0.4 is 0 Å². The predicted molar refractivity (Wildman–Crippen MR) is 98.4 cm³/mol. The lowest BCUT2D eigenvalue weighted by Gasteiger charge is -2.30. The molecule has 1 aliphatic heterocycles. The topological polar surface area (TPSA) is 42.2 Å². The van der Waals surface area contributed by atoms with Crippen LogP contribution in [0.1, 0.15) is 35.8 Å². The molecule has 4 rings (SSSR count). The Kier molecular flexibility index (Phi) is 5.17. The van der Waals surface area contributed by atoms with Gasteiger partial charge in [-0.2, -0.15) is 13.2 Å². The van der Waals surface area contributed by atoms with Crippen molar-refractivity contribution in [1.29, 1.82) is 0 Å². The lowest BCUT2D eigenvalue weighted by atomic mass is 9.96. The number of rotatable bonds is 4. The molecule has 0 N–H and O–H groups in total. The Bertz CT molecular complexity index is 916. The average molecular weight is 387 g/mol. The summed E-state index contributed by atoms with van der Waals surface area (Å²) in [6, 6.07) is 15.2. The van der Waals surface area contributed by atoms with Crippen molar-refractivity contribution < 1.29 is 17.6 Å². The van der Waals surface area contributed by atoms with E-state index in [1.807, 2.05) is 30.3 Å². The van der Waals surface area contributed by atoms with Gasteiger partial charge in [-0.15, -0.1) is 10.2 Å². The molecule has 4 nitrogen and oxygen atoms in total. The maximum Gasteiger partial charge on any atom is 0.416 e. The Hall–Kier alpha value is -2.67. The first kappa shape index (κ1) is 18.7. The van der Waals surface area contributed by atoms with Crippen molar-refractivity contribution in [3.63, 3.8) is 0 Å². The van der Waals surface area contributed by atoms with E-state index in [4.69, 9.17) is 4.42 Å². The van der Waals surface area contributed by atoms with Crippen LogP contribution in [0.2, 0.25) is 0 Å². The number of hydrogen-bond donors (Lipinski definition) is 0. The number of aromatic nitrogens is 2. The van der Waals surface area contributed by atoms with Gasteiger partial charge in [0.05, 0.1) is 5.56 Å². The molecule has 0 amide bonds. The average Bonchev–Trinajstić information content (AvgIpc) is 3.19. The molecule has 7 heteroatoms. The van der Waals surface area contributed by atoms with Gasteiger partial charge >= 0.3 is 6.18 Å². The van der Waals surface area contributed by atoms with Crippen molar-refractivity contribution in [2.75, 3.05) is 13.1 Å². The van der Waals surface area contributed by atoms with Gasteiger partial charge in [-0.25, -0.2) is 0 Å². The number of benzene rings is 2. The number of likely N-dealkylation sites (tertiary alicyclic amines) is 1. The Morgan fingerprint density at radius 3 is 2.43 bits per heavy atom. The molecular weight excluding hydrogens is 367 g/mol. The molecule has 1 aliphatic rings. The zero-order chi connectivity index (χ0) is 19.6. The predicted octanol–water partition coefficient (Wildman–Crippen LogP) is 5.14. The van der Waals surface area contributed by atoms with Crippen LogP contribution in [0.3, 0.4) is 0 Å². The SMILES string of the molecule is FC(F)(F)c1cccc(CN2CCC(c3nnc(-c4ccccc4)o3)CC2)c1. The molecule has 0 aliphatic carbocycles. The number of alkyl halides is 3. The minimum absolute atomic E-state index is 0.183. The Labute approximate surface area is 161 Å². The van der Waals surface area contributed by atoms with Crippen LogP contribution in [0, 0.1) is 0 Å². The van der Waals surface area contributed by atoms with Crippen LogP contribution >= 0.6 is 0 Å². The summed E-state index contributed by atoms with van der Waals surface area (Å²) in [5.41, 5.74) is 0.972. The van der Waals surface area contributed by atoms with Gasteiger partial charge in [0.1, 0.15) is 0 Å². The van der Waals surface area contributed by atoms with Crippen molar-refractivity contribution in [3.05, 3.63) is 71.6 Å². The molecule has 146 valence electrons. The smallest absolute Gasteiger partial charge is 0.416 e. The maximum atomic E-state index is 12.9. The van der Waals surface area contributed by atoms with Crippen molar-refractivity contribution >= 4 is 0 Å². The van der Waals surface area contributed by atoms with Crippen LogP contribution in [-0.4, -0.2) is 28.2 Å². The Morgan fingerprint density at radius 1 is 0.964 bits per heavy atom. The fourth-order valence-electron chi connectivity index (χ4n) is 3.54. The monoisotopic (exact) mass is 387 g/mol. The fraction of sp³-hybridized carbons (Fsp3) is 0.333. The molecule has 0 radical (unpaired) electrons. The minimum Gasteiger partial charge on any atom is -0.420 e. The molecule has 1 fully saturated rings. The summed E-state index contributed by atoms with van der Waals surface area (Å²) in [6.07, 6.45) is -2.62. The van der Waals surface area contributed by atoms with Crippen LogP contribution in [0.25, 0.3) is 11.5 Å². The standard InChI is InChI=1S/C21H20F3N3O/c22-21(23,24)18-8-4-5-15(13-18)14-27-11-9-17(10-12-27)20-26-25-19(28-20)16-6-2-1-3-7-16/h1-8,13,17H,9-12,14H2. The van der Waals surface area contributed by atoms with Gasteiger partial charge < -0.3 is 4.42 Å². The molecule has 1 saturated heterocycles. The minimum atomic E-state index is -4.31. The van der Waals surface area contributed by atoms with E-state index in [0.717, 1.165) is 37.6 Å². The molecule has 3 aromatic rings. The van der Waals surface area contributed by atoms with E-state index in [1.165, 1.54) is 12.1 Å². The number of piperidine rings is 1. The summed E-state index contributed by atoms with van der Waals surface area (Å²) >= 11 is 0. The molecule has 1 aromatic heterocycles. The first-order valence-electron chi connectivity index (χ1n) is 9.26. The molecule has 0 spiro atoms. The molecule has 2 heterocycles. The first-order valence-corrected chi connectivity index (χ1v) is 9.26. The second kappa shape index (κ2) is 7.75. The molecule has 0 unspecified atom stereocenters.